The van der Waals surface area contributed by atoms with Gasteiger partial charge in [-0.15, -0.1) is 0 Å². The fourth-order valence-corrected chi connectivity index (χ4v) is 4.58. The number of hydrogen-bond donors (Lipinski definition) is 6. The highest BCUT2D eigenvalue weighted by Crippen LogP contribution is 2.32. The topological polar surface area (TPSA) is 117 Å². The van der Waals surface area contributed by atoms with E-state index in [2.05, 4.69) is 31.3 Å². The van der Waals surface area contributed by atoms with Crippen molar-refractivity contribution in [3.05, 3.63) is 99.9 Å². The van der Waals surface area contributed by atoms with Crippen LogP contribution in [0.4, 0.5) is 33.4 Å². The monoisotopic (exact) mass is 529 g/mol. The summed E-state index contributed by atoms with van der Waals surface area (Å²) in [5.41, 5.74) is 6.75. The number of hydrogen-bond acceptors (Lipinski definition) is 6. The molecule has 1 atom stereocenters. The highest BCUT2D eigenvalue weighted by molar-refractivity contribution is 7.72. The average Bonchev–Trinajstić information content (AvgIpc) is 3.26. The number of nitrogens with one attached hydrogen (secondary N) is 6. The third-order valence-corrected chi connectivity index (χ3v) is 6.11. The number of aromatic nitrogens is 2. The average molecular weight is 530 g/mol. The Morgan fingerprint density at radius 2 is 1.57 bits per heavy atom. The first-order valence-electron chi connectivity index (χ1n) is 11.5. The molecule has 1 aliphatic rings. The van der Waals surface area contributed by atoms with Crippen LogP contribution in [0.1, 0.15) is 18.0 Å². The first kappa shape index (κ1) is 24.2. The maximum atomic E-state index is 12.6. The molecule has 1 unspecified atom stereocenters. The number of carbonyl (C=O) groups excluding carboxylic acids is 2. The molecule has 1 aromatic heterocycles. The molecule has 1 saturated heterocycles. The summed E-state index contributed by atoms with van der Waals surface area (Å²) in [6.45, 7) is 0. The van der Waals surface area contributed by atoms with Crippen LogP contribution in [0.25, 0.3) is 0 Å². The van der Waals surface area contributed by atoms with E-state index in [1.54, 1.807) is 30.3 Å². The van der Waals surface area contributed by atoms with Crippen molar-refractivity contribution in [2.45, 2.75) is 12.5 Å². The predicted molar refractivity (Wildman–Crippen MR) is 150 cm³/mol. The molecular weight excluding hydrogens is 506 g/mol. The molecule has 186 valence electrons. The minimum atomic E-state index is -0.386. The Morgan fingerprint density at radius 1 is 0.838 bits per heavy atom. The van der Waals surface area contributed by atoms with Crippen molar-refractivity contribution < 1.29 is 9.59 Å². The van der Waals surface area contributed by atoms with Crippen molar-refractivity contribution in [3.8, 4) is 0 Å². The van der Waals surface area contributed by atoms with Crippen molar-refractivity contribution in [2.75, 3.05) is 21.0 Å². The normalized spacial score (nSPS) is 14.6. The molecule has 37 heavy (non-hydrogen) atoms. The number of aromatic amines is 2. The molecule has 9 nitrogen and oxygen atoms in total. The molecule has 1 fully saturated rings. The number of anilines is 5. The lowest BCUT2D eigenvalue weighted by molar-refractivity contribution is -0.119. The fourth-order valence-electron chi connectivity index (χ4n) is 4.08. The second-order valence-corrected chi connectivity index (χ2v) is 9.22. The molecule has 3 amide bonds. The van der Waals surface area contributed by atoms with Crippen LogP contribution in [0.15, 0.2) is 84.9 Å². The van der Waals surface area contributed by atoms with Gasteiger partial charge >= 0.3 is 6.03 Å². The largest absolute Gasteiger partial charge is 0.342 e. The summed E-state index contributed by atoms with van der Waals surface area (Å²) in [6, 6.07) is 25.7. The van der Waals surface area contributed by atoms with Gasteiger partial charge < -0.3 is 25.9 Å². The van der Waals surface area contributed by atoms with Crippen molar-refractivity contribution in [3.63, 3.8) is 0 Å². The Bertz CT molecular complexity index is 1520. The van der Waals surface area contributed by atoms with E-state index in [1.807, 2.05) is 59.6 Å². The molecule has 0 saturated carbocycles. The van der Waals surface area contributed by atoms with Crippen LogP contribution in [0, 0.1) is 9.41 Å². The van der Waals surface area contributed by atoms with E-state index in [1.165, 1.54) is 0 Å². The zero-order chi connectivity index (χ0) is 25.8. The van der Waals surface area contributed by atoms with Crippen LogP contribution in [-0.4, -0.2) is 21.9 Å². The van der Waals surface area contributed by atoms with E-state index in [9.17, 15) is 9.59 Å². The standard InChI is InChI=1S/C26H23N7O2S2/c34-23-14-21(16-5-2-1-3-6-16)33(32-23)20-11-9-17(10-12-20)28-25(35)29-19-8-4-7-18(13-19)27-22-15-24(36)31-26(37)30-22/h1-13,15,21H,14H2,(H,32,34)(H2,28,29,35)(H3,27,30,31,36,37). The lowest BCUT2D eigenvalue weighted by Gasteiger charge is -2.26. The Labute approximate surface area is 222 Å². The fraction of sp³-hybridized carbons (Fsp3) is 0.0769. The summed E-state index contributed by atoms with van der Waals surface area (Å²) >= 11 is 10.3. The molecule has 0 spiro atoms. The lowest BCUT2D eigenvalue weighted by Crippen LogP contribution is -2.34. The molecule has 1 aliphatic heterocycles. The number of carbonyl (C=O) groups is 2. The number of nitrogens with zero attached hydrogens (tertiary/aromatic N) is 1. The summed E-state index contributed by atoms with van der Waals surface area (Å²) in [7, 11) is 0. The van der Waals surface area contributed by atoms with Crippen LogP contribution in [-0.2, 0) is 4.79 Å². The minimum Gasteiger partial charge on any atom is -0.342 e. The number of amides is 3. The molecule has 0 aliphatic carbocycles. The third kappa shape index (κ3) is 6.02. The highest BCUT2D eigenvalue weighted by Gasteiger charge is 2.31. The van der Waals surface area contributed by atoms with E-state index in [-0.39, 0.29) is 18.0 Å². The molecule has 11 heteroatoms. The summed E-state index contributed by atoms with van der Waals surface area (Å²) in [5, 5.41) is 10.7. The smallest absolute Gasteiger partial charge is 0.323 e. The first-order chi connectivity index (χ1) is 17.9. The van der Waals surface area contributed by atoms with Gasteiger partial charge in [-0.25, -0.2) is 4.79 Å². The van der Waals surface area contributed by atoms with Gasteiger partial charge in [0, 0.05) is 23.1 Å². The van der Waals surface area contributed by atoms with Gasteiger partial charge in [0.15, 0.2) is 4.77 Å². The number of urea groups is 1. The van der Waals surface area contributed by atoms with Gasteiger partial charge in [0.05, 0.1) is 18.2 Å². The summed E-state index contributed by atoms with van der Waals surface area (Å²) in [4.78, 5) is 30.6. The van der Waals surface area contributed by atoms with Crippen LogP contribution in [0.2, 0.25) is 0 Å². The second-order valence-electron chi connectivity index (χ2n) is 8.37. The Hall–Kier alpha value is -4.48. The number of benzene rings is 3. The molecule has 3 aromatic carbocycles. The molecule has 0 bridgehead atoms. The van der Waals surface area contributed by atoms with Crippen LogP contribution in [0.3, 0.4) is 0 Å². The second kappa shape index (κ2) is 10.6. The van der Waals surface area contributed by atoms with E-state index in [0.717, 1.165) is 16.9 Å². The Kier molecular flexibility index (Phi) is 6.97. The zero-order valence-electron chi connectivity index (χ0n) is 19.4. The number of H-pyrrole nitrogens is 2. The minimum absolute atomic E-state index is 0.0372. The van der Waals surface area contributed by atoms with Gasteiger partial charge in [0.1, 0.15) is 10.5 Å². The molecule has 4 aromatic rings. The molecule has 0 radical (unpaired) electrons. The van der Waals surface area contributed by atoms with Crippen molar-refractivity contribution in [1.29, 1.82) is 0 Å². The van der Waals surface area contributed by atoms with Gasteiger partial charge in [-0.05, 0) is 60.2 Å². The summed E-state index contributed by atoms with van der Waals surface area (Å²) in [6.07, 6.45) is 0.379. The Morgan fingerprint density at radius 3 is 2.32 bits per heavy atom. The van der Waals surface area contributed by atoms with E-state index in [4.69, 9.17) is 24.4 Å². The van der Waals surface area contributed by atoms with Crippen LogP contribution in [0.5, 0.6) is 0 Å². The van der Waals surface area contributed by atoms with Gasteiger partial charge in [-0.3, -0.25) is 15.2 Å². The van der Waals surface area contributed by atoms with Gasteiger partial charge in [-0.1, -0.05) is 48.6 Å². The SMILES string of the molecule is O=C1CC(c2ccccc2)N(c2ccc(NC(=O)Nc3cccc(Nc4cc(=S)[nH]c(=S)[nH]4)c3)cc2)N1. The highest BCUT2D eigenvalue weighted by atomic mass is 32.1. The van der Waals surface area contributed by atoms with E-state index in [0.29, 0.717) is 33.0 Å². The van der Waals surface area contributed by atoms with Gasteiger partial charge in [0.25, 0.3) is 0 Å². The maximum absolute atomic E-state index is 12.6. The van der Waals surface area contributed by atoms with Crippen molar-refractivity contribution >= 4 is 64.9 Å². The van der Waals surface area contributed by atoms with Crippen molar-refractivity contribution in [1.82, 2.24) is 15.4 Å². The van der Waals surface area contributed by atoms with Crippen LogP contribution >= 0.6 is 24.4 Å². The maximum Gasteiger partial charge on any atom is 0.323 e. The quantitative estimate of drug-likeness (QED) is 0.166. The molecule has 5 rings (SSSR count). The predicted octanol–water partition coefficient (Wildman–Crippen LogP) is 6.17. The lowest BCUT2D eigenvalue weighted by atomic mass is 10.0. The summed E-state index contributed by atoms with van der Waals surface area (Å²) in [5.74, 6) is 0.601. The van der Waals surface area contributed by atoms with Gasteiger partial charge in [0.2, 0.25) is 5.91 Å². The van der Waals surface area contributed by atoms with E-state index >= 15 is 0 Å². The van der Waals surface area contributed by atoms with Gasteiger partial charge in [-0.2, -0.15) is 0 Å². The molecule has 2 heterocycles. The first-order valence-corrected chi connectivity index (χ1v) is 12.3. The van der Waals surface area contributed by atoms with E-state index < -0.39 is 0 Å². The molecule has 6 N–H and O–H groups in total. The Balaban J connectivity index is 1.22. The third-order valence-electron chi connectivity index (χ3n) is 5.68. The zero-order valence-corrected chi connectivity index (χ0v) is 21.1. The van der Waals surface area contributed by atoms with Crippen LogP contribution < -0.4 is 26.4 Å². The summed E-state index contributed by atoms with van der Waals surface area (Å²) < 4.78 is 0.922. The number of rotatable bonds is 6. The van der Waals surface area contributed by atoms with Crippen molar-refractivity contribution in [2.24, 2.45) is 0 Å². The molecular formula is C26H23N7O2S2. The number of hydrazine groups is 1.